The van der Waals surface area contributed by atoms with E-state index in [-0.39, 0.29) is 16.4 Å². The molecule has 1 heterocycles. The van der Waals surface area contributed by atoms with E-state index in [0.717, 1.165) is 12.5 Å². The van der Waals surface area contributed by atoms with Gasteiger partial charge in [0, 0.05) is 17.2 Å². The molecule has 0 amide bonds. The van der Waals surface area contributed by atoms with E-state index in [4.69, 9.17) is 5.73 Å². The molecule has 0 unspecified atom stereocenters. The largest absolute Gasteiger partial charge is 0.381 e. The van der Waals surface area contributed by atoms with Gasteiger partial charge in [0.1, 0.15) is 10.7 Å². The van der Waals surface area contributed by atoms with Gasteiger partial charge in [-0.25, -0.2) is 12.8 Å². The van der Waals surface area contributed by atoms with Crippen LogP contribution in [0.5, 0.6) is 0 Å². The maximum Gasteiger partial charge on any atom is 0.267 e. The topological polar surface area (TPSA) is 90.0 Å². The minimum atomic E-state index is -3.94. The molecule has 0 aliphatic rings. The van der Waals surface area contributed by atoms with Gasteiger partial charge in [-0.2, -0.15) is 5.10 Å². The highest BCUT2D eigenvalue weighted by Gasteiger charge is 2.22. The number of halogens is 2. The van der Waals surface area contributed by atoms with Crippen molar-refractivity contribution in [3.05, 3.63) is 34.7 Å². The molecule has 0 aliphatic heterocycles. The molecule has 6 nitrogen and oxygen atoms in total. The summed E-state index contributed by atoms with van der Waals surface area (Å²) in [7, 11) is -3.94. The first kappa shape index (κ1) is 15.8. The van der Waals surface area contributed by atoms with Crippen LogP contribution in [0.3, 0.4) is 0 Å². The Morgan fingerprint density at radius 1 is 1.48 bits per heavy atom. The van der Waals surface area contributed by atoms with Crippen LogP contribution in [0.2, 0.25) is 0 Å². The molecular weight excluding hydrogens is 363 g/mol. The summed E-state index contributed by atoms with van der Waals surface area (Å²) in [6, 6.07) is 3.71. The summed E-state index contributed by atoms with van der Waals surface area (Å²) in [6.07, 6.45) is 2.15. The van der Waals surface area contributed by atoms with Crippen LogP contribution in [-0.2, 0) is 16.6 Å². The van der Waals surface area contributed by atoms with Crippen LogP contribution in [0.1, 0.15) is 13.3 Å². The molecule has 0 saturated heterocycles. The van der Waals surface area contributed by atoms with Crippen LogP contribution >= 0.6 is 15.9 Å². The number of nitrogens with zero attached hydrogens (tertiary/aromatic N) is 2. The Bertz CT molecular complexity index is 761. The number of nitrogens with one attached hydrogen (secondary N) is 1. The van der Waals surface area contributed by atoms with Crippen LogP contribution in [0.15, 0.2) is 33.8 Å². The summed E-state index contributed by atoms with van der Waals surface area (Å²) in [5, 5.41) is 3.94. The quantitative estimate of drug-likeness (QED) is 0.838. The molecule has 0 radical (unpaired) electrons. The molecule has 0 atom stereocenters. The third-order valence-electron chi connectivity index (χ3n) is 2.67. The number of anilines is 2. The lowest BCUT2D eigenvalue weighted by atomic mass is 10.3. The highest BCUT2D eigenvalue weighted by atomic mass is 79.9. The Morgan fingerprint density at radius 3 is 2.86 bits per heavy atom. The molecule has 1 aromatic carbocycles. The molecule has 3 N–H and O–H groups in total. The van der Waals surface area contributed by atoms with Crippen LogP contribution in [0.4, 0.5) is 15.9 Å². The Morgan fingerprint density at radius 2 is 2.19 bits per heavy atom. The van der Waals surface area contributed by atoms with E-state index in [0.29, 0.717) is 11.0 Å². The SMILES string of the molecule is CCCn1cc(S(=O)(=O)Nc2cc(F)ccc2Br)c(N)n1. The maximum atomic E-state index is 13.2. The van der Waals surface area contributed by atoms with Crippen molar-refractivity contribution in [1.82, 2.24) is 9.78 Å². The standard InChI is InChI=1S/C12H14BrFN4O2S/c1-2-5-18-7-11(12(15)16-18)21(19,20)17-10-6-8(14)3-4-9(10)13/h3-4,6-7,17H,2,5H2,1H3,(H2,15,16). The summed E-state index contributed by atoms with van der Waals surface area (Å²) in [4.78, 5) is -0.132. The third-order valence-corrected chi connectivity index (χ3v) is 4.74. The first-order valence-electron chi connectivity index (χ1n) is 6.14. The van der Waals surface area contributed by atoms with E-state index in [1.54, 1.807) is 0 Å². The Labute approximate surface area is 130 Å². The molecule has 114 valence electrons. The predicted octanol–water partition coefficient (Wildman–Crippen LogP) is 2.58. The zero-order valence-electron chi connectivity index (χ0n) is 11.2. The van der Waals surface area contributed by atoms with Crippen molar-refractivity contribution in [1.29, 1.82) is 0 Å². The number of hydrogen-bond donors (Lipinski definition) is 2. The van der Waals surface area contributed by atoms with Gasteiger partial charge in [-0.15, -0.1) is 0 Å². The van der Waals surface area contributed by atoms with Crippen LogP contribution < -0.4 is 10.5 Å². The first-order chi connectivity index (χ1) is 9.83. The molecule has 0 fully saturated rings. The fourth-order valence-electron chi connectivity index (χ4n) is 1.74. The number of rotatable bonds is 5. The monoisotopic (exact) mass is 376 g/mol. The van der Waals surface area contributed by atoms with Gasteiger partial charge in [0.25, 0.3) is 10.0 Å². The first-order valence-corrected chi connectivity index (χ1v) is 8.42. The highest BCUT2D eigenvalue weighted by Crippen LogP contribution is 2.27. The smallest absolute Gasteiger partial charge is 0.267 e. The van der Waals surface area contributed by atoms with Gasteiger partial charge in [0.2, 0.25) is 0 Å². The van der Waals surface area contributed by atoms with Gasteiger partial charge in [-0.3, -0.25) is 9.40 Å². The minimum Gasteiger partial charge on any atom is -0.381 e. The van der Waals surface area contributed by atoms with Crippen molar-refractivity contribution < 1.29 is 12.8 Å². The molecule has 0 spiro atoms. The second-order valence-corrected chi connectivity index (χ2v) is 6.88. The lowest BCUT2D eigenvalue weighted by Gasteiger charge is -2.08. The van der Waals surface area contributed by atoms with Crippen molar-refractivity contribution in [2.45, 2.75) is 24.8 Å². The lowest BCUT2D eigenvalue weighted by molar-refractivity contribution is 0.595. The molecular formula is C12H14BrFN4O2S. The van der Waals surface area contributed by atoms with Crippen LogP contribution in [-0.4, -0.2) is 18.2 Å². The van der Waals surface area contributed by atoms with E-state index < -0.39 is 15.8 Å². The van der Waals surface area contributed by atoms with E-state index in [9.17, 15) is 12.8 Å². The van der Waals surface area contributed by atoms with Gasteiger partial charge in [-0.1, -0.05) is 6.92 Å². The number of benzene rings is 1. The average molecular weight is 377 g/mol. The second kappa shape index (κ2) is 6.02. The van der Waals surface area contributed by atoms with Crippen molar-refractivity contribution >= 4 is 37.5 Å². The van der Waals surface area contributed by atoms with E-state index in [2.05, 4.69) is 25.8 Å². The van der Waals surface area contributed by atoms with Crippen molar-refractivity contribution in [2.75, 3.05) is 10.5 Å². The van der Waals surface area contributed by atoms with Gasteiger partial charge in [-0.05, 0) is 40.5 Å². The maximum absolute atomic E-state index is 13.2. The summed E-state index contributed by atoms with van der Waals surface area (Å²) in [6.45, 7) is 2.50. The second-order valence-electron chi connectivity index (χ2n) is 4.37. The molecule has 21 heavy (non-hydrogen) atoms. The lowest BCUT2D eigenvalue weighted by Crippen LogP contribution is -2.14. The number of nitrogens with two attached hydrogens (primary N) is 1. The highest BCUT2D eigenvalue weighted by molar-refractivity contribution is 9.10. The summed E-state index contributed by atoms with van der Waals surface area (Å²) in [5.74, 6) is -0.644. The molecule has 1 aromatic heterocycles. The fourth-order valence-corrected chi connectivity index (χ4v) is 3.37. The van der Waals surface area contributed by atoms with Gasteiger partial charge in [0.15, 0.2) is 5.82 Å². The van der Waals surface area contributed by atoms with Gasteiger partial charge >= 0.3 is 0 Å². The number of sulfonamides is 1. The molecule has 2 rings (SSSR count). The number of aromatic nitrogens is 2. The predicted molar refractivity (Wildman–Crippen MR) is 81.8 cm³/mol. The third kappa shape index (κ3) is 3.53. The van der Waals surface area contributed by atoms with E-state index in [1.165, 1.54) is 23.0 Å². The van der Waals surface area contributed by atoms with Crippen LogP contribution in [0.25, 0.3) is 0 Å². The number of hydrogen-bond acceptors (Lipinski definition) is 4. The van der Waals surface area contributed by atoms with E-state index >= 15 is 0 Å². The molecule has 9 heteroatoms. The van der Waals surface area contributed by atoms with Gasteiger partial charge in [0.05, 0.1) is 5.69 Å². The van der Waals surface area contributed by atoms with E-state index in [1.807, 2.05) is 6.92 Å². The molecule has 0 bridgehead atoms. The minimum absolute atomic E-state index is 0.0940. The number of aryl methyl sites for hydroxylation is 1. The Balaban J connectivity index is 2.36. The molecule has 0 saturated carbocycles. The van der Waals surface area contributed by atoms with Crippen molar-refractivity contribution in [2.24, 2.45) is 0 Å². The number of nitrogen functional groups attached to an aromatic ring is 1. The Kier molecular flexibility index (Phi) is 4.52. The molecule has 2 aromatic rings. The average Bonchev–Trinajstić information content (AvgIpc) is 2.76. The summed E-state index contributed by atoms with van der Waals surface area (Å²) in [5.41, 5.74) is 5.74. The Hall–Kier alpha value is -1.61. The zero-order chi connectivity index (χ0) is 15.6. The summed E-state index contributed by atoms with van der Waals surface area (Å²) >= 11 is 3.16. The van der Waals surface area contributed by atoms with Crippen molar-refractivity contribution in [3.63, 3.8) is 0 Å². The molecule has 0 aliphatic carbocycles. The zero-order valence-corrected chi connectivity index (χ0v) is 13.6. The fraction of sp³-hybridized carbons (Fsp3) is 0.250. The normalized spacial score (nSPS) is 11.6. The van der Waals surface area contributed by atoms with Crippen LogP contribution in [0, 0.1) is 5.82 Å². The van der Waals surface area contributed by atoms with Crippen molar-refractivity contribution in [3.8, 4) is 0 Å². The van der Waals surface area contributed by atoms with Gasteiger partial charge < -0.3 is 5.73 Å². The summed E-state index contributed by atoms with van der Waals surface area (Å²) < 4.78 is 42.0.